The lowest BCUT2D eigenvalue weighted by atomic mass is 9.85. The maximum absolute atomic E-state index is 12.3. The highest BCUT2D eigenvalue weighted by molar-refractivity contribution is 6.01. The molecule has 2 bridgehead atoms. The number of hydrogen-bond acceptors (Lipinski definition) is 7. The minimum atomic E-state index is -0.823. The van der Waals surface area contributed by atoms with Gasteiger partial charge in [-0.2, -0.15) is 0 Å². The Labute approximate surface area is 194 Å². The summed E-state index contributed by atoms with van der Waals surface area (Å²) in [6.45, 7) is 7.49. The quantitative estimate of drug-likeness (QED) is 0.378. The minimum Gasteiger partial charge on any atom is -0.464 e. The molecule has 1 heterocycles. The molecule has 1 aromatic carbocycles. The zero-order valence-corrected chi connectivity index (χ0v) is 19.4. The molecule has 3 rings (SSSR count). The molecular formula is C24H33N3O6. The molecule has 2 unspecified atom stereocenters. The van der Waals surface area contributed by atoms with Gasteiger partial charge in [-0.15, -0.1) is 5.06 Å². The fourth-order valence-electron chi connectivity index (χ4n) is 4.50. The van der Waals surface area contributed by atoms with Gasteiger partial charge in [-0.25, -0.2) is 4.79 Å². The van der Waals surface area contributed by atoms with Crippen molar-refractivity contribution in [2.45, 2.75) is 57.8 Å². The number of hydrogen-bond donors (Lipinski definition) is 1. The number of hydroxylamine groups is 2. The second-order valence-corrected chi connectivity index (χ2v) is 8.35. The SMILES string of the molecule is CCN(CC)CCOC(=O)CCC1c2cccc(c2)C1CCNC(=O)ON1C(=O)CCC1=O. The Hall–Kier alpha value is -2.94. The number of benzene rings is 1. The molecule has 0 spiro atoms. The summed E-state index contributed by atoms with van der Waals surface area (Å²) in [5.41, 5.74) is 2.36. The third-order valence-electron chi connectivity index (χ3n) is 6.38. The van der Waals surface area contributed by atoms with Gasteiger partial charge in [-0.1, -0.05) is 38.1 Å². The van der Waals surface area contributed by atoms with Gasteiger partial charge < -0.3 is 19.8 Å². The standard InChI is InChI=1S/C24H33N3O6/c1-3-26(4-2)14-15-32-23(30)11-8-19-17-6-5-7-18(16-17)20(19)12-13-25-24(31)33-27-21(28)9-10-22(27)29/h5-7,16,19-20H,3-4,8-15H2,1-2H3,(H,25,31). The Morgan fingerprint density at radius 3 is 2.33 bits per heavy atom. The Bertz CT molecular complexity index is 854. The minimum absolute atomic E-state index is 0.0589. The van der Waals surface area contributed by atoms with E-state index in [1.165, 1.54) is 11.1 Å². The molecule has 0 radical (unpaired) electrons. The van der Waals surface area contributed by atoms with E-state index in [4.69, 9.17) is 9.57 Å². The number of carbonyl (C=O) groups is 4. The Morgan fingerprint density at radius 2 is 1.70 bits per heavy atom. The number of rotatable bonds is 12. The number of nitrogens with one attached hydrogen (secondary N) is 1. The summed E-state index contributed by atoms with van der Waals surface area (Å²) >= 11 is 0. The van der Waals surface area contributed by atoms with Gasteiger partial charge >= 0.3 is 12.1 Å². The predicted octanol–water partition coefficient (Wildman–Crippen LogP) is 2.71. The molecule has 0 aromatic heterocycles. The molecule has 1 N–H and O–H groups in total. The first kappa shape index (κ1) is 24.7. The first-order chi connectivity index (χ1) is 15.9. The van der Waals surface area contributed by atoms with Crippen molar-refractivity contribution in [1.82, 2.24) is 15.3 Å². The summed E-state index contributed by atoms with van der Waals surface area (Å²) in [5.74, 6) is -0.877. The van der Waals surface area contributed by atoms with Gasteiger partial charge in [0, 0.05) is 32.4 Å². The molecule has 2 atom stereocenters. The second kappa shape index (κ2) is 11.8. The van der Waals surface area contributed by atoms with Crippen LogP contribution in [0.2, 0.25) is 0 Å². The van der Waals surface area contributed by atoms with Crippen LogP contribution in [0.4, 0.5) is 4.79 Å². The van der Waals surface area contributed by atoms with Gasteiger partial charge in [-0.3, -0.25) is 14.4 Å². The normalized spacial score (nSPS) is 19.3. The highest BCUT2D eigenvalue weighted by atomic mass is 16.7. The number of amides is 3. The number of esters is 1. The van der Waals surface area contributed by atoms with E-state index in [2.05, 4.69) is 42.3 Å². The van der Waals surface area contributed by atoms with Crippen LogP contribution in [-0.2, 0) is 24.0 Å². The fraction of sp³-hybridized carbons (Fsp3) is 0.583. The lowest BCUT2D eigenvalue weighted by Gasteiger charge is -2.22. The van der Waals surface area contributed by atoms with Crippen molar-refractivity contribution >= 4 is 23.9 Å². The molecule has 2 aliphatic rings. The number of fused-ring (bicyclic) bond motifs is 2. The third-order valence-corrected chi connectivity index (χ3v) is 6.38. The lowest BCUT2D eigenvalue weighted by molar-refractivity contribution is -0.171. The van der Waals surface area contributed by atoms with Crippen LogP contribution in [0.5, 0.6) is 0 Å². The Kier molecular flexibility index (Phi) is 8.82. The zero-order valence-electron chi connectivity index (χ0n) is 19.4. The van der Waals surface area contributed by atoms with E-state index >= 15 is 0 Å². The summed E-state index contributed by atoms with van der Waals surface area (Å²) in [5, 5.41) is 3.15. The summed E-state index contributed by atoms with van der Waals surface area (Å²) in [6.07, 6.45) is 0.950. The molecule has 1 saturated heterocycles. The van der Waals surface area contributed by atoms with Crippen molar-refractivity contribution in [2.75, 3.05) is 32.8 Å². The topological polar surface area (TPSA) is 105 Å². The summed E-state index contributed by atoms with van der Waals surface area (Å²) in [6, 6.07) is 8.26. The van der Waals surface area contributed by atoms with Crippen molar-refractivity contribution in [3.05, 3.63) is 35.4 Å². The maximum Gasteiger partial charge on any atom is 0.432 e. The number of ether oxygens (including phenoxy) is 1. The van der Waals surface area contributed by atoms with Crippen LogP contribution in [0.25, 0.3) is 0 Å². The lowest BCUT2D eigenvalue weighted by Crippen LogP contribution is -2.37. The van der Waals surface area contributed by atoms with Crippen molar-refractivity contribution in [3.63, 3.8) is 0 Å². The van der Waals surface area contributed by atoms with Gasteiger partial charge in [0.05, 0.1) is 0 Å². The molecule has 180 valence electrons. The third kappa shape index (κ3) is 6.54. The van der Waals surface area contributed by atoms with Crippen LogP contribution < -0.4 is 5.32 Å². The van der Waals surface area contributed by atoms with E-state index in [1.807, 2.05) is 6.07 Å². The van der Waals surface area contributed by atoms with E-state index in [9.17, 15) is 19.2 Å². The molecule has 1 fully saturated rings. The van der Waals surface area contributed by atoms with E-state index in [1.54, 1.807) is 0 Å². The summed E-state index contributed by atoms with van der Waals surface area (Å²) in [7, 11) is 0. The Morgan fingerprint density at radius 1 is 1.06 bits per heavy atom. The maximum atomic E-state index is 12.3. The molecule has 0 saturated carbocycles. The molecule has 9 heteroatoms. The first-order valence-electron chi connectivity index (χ1n) is 11.7. The van der Waals surface area contributed by atoms with Crippen LogP contribution >= 0.6 is 0 Å². The zero-order chi connectivity index (χ0) is 23.8. The van der Waals surface area contributed by atoms with Crippen molar-refractivity contribution in [3.8, 4) is 0 Å². The molecule has 1 aromatic rings. The average Bonchev–Trinajstić information content (AvgIpc) is 3.24. The molecule has 33 heavy (non-hydrogen) atoms. The van der Waals surface area contributed by atoms with Gasteiger partial charge in [0.2, 0.25) is 0 Å². The van der Waals surface area contributed by atoms with E-state index in [-0.39, 0.29) is 30.6 Å². The van der Waals surface area contributed by atoms with Crippen LogP contribution in [0.3, 0.4) is 0 Å². The van der Waals surface area contributed by atoms with Crippen molar-refractivity contribution < 1.29 is 28.8 Å². The van der Waals surface area contributed by atoms with Gasteiger partial charge in [0.15, 0.2) is 0 Å². The smallest absolute Gasteiger partial charge is 0.432 e. The van der Waals surface area contributed by atoms with Crippen molar-refractivity contribution in [2.24, 2.45) is 0 Å². The second-order valence-electron chi connectivity index (χ2n) is 8.35. The number of likely N-dealkylation sites (N-methyl/N-ethyl adjacent to an activating group) is 1. The highest BCUT2D eigenvalue weighted by Crippen LogP contribution is 2.44. The van der Waals surface area contributed by atoms with E-state index < -0.39 is 17.9 Å². The molecular weight excluding hydrogens is 426 g/mol. The predicted molar refractivity (Wildman–Crippen MR) is 120 cm³/mol. The monoisotopic (exact) mass is 459 g/mol. The van der Waals surface area contributed by atoms with Crippen LogP contribution in [0.1, 0.15) is 68.9 Å². The van der Waals surface area contributed by atoms with E-state index in [0.29, 0.717) is 37.5 Å². The van der Waals surface area contributed by atoms with Gasteiger partial charge in [0.25, 0.3) is 11.8 Å². The van der Waals surface area contributed by atoms with Crippen LogP contribution in [0, 0.1) is 0 Å². The van der Waals surface area contributed by atoms with Crippen molar-refractivity contribution in [1.29, 1.82) is 0 Å². The molecule has 1 aliphatic heterocycles. The van der Waals surface area contributed by atoms with E-state index in [0.717, 1.165) is 19.6 Å². The molecule has 9 nitrogen and oxygen atoms in total. The summed E-state index contributed by atoms with van der Waals surface area (Å²) in [4.78, 5) is 54.4. The van der Waals surface area contributed by atoms with Gasteiger partial charge in [-0.05, 0) is 48.9 Å². The average molecular weight is 460 g/mol. The fourth-order valence-corrected chi connectivity index (χ4v) is 4.50. The first-order valence-corrected chi connectivity index (χ1v) is 11.7. The number of imide groups is 1. The Balaban J connectivity index is 1.44. The van der Waals surface area contributed by atoms with Crippen LogP contribution in [0.15, 0.2) is 24.3 Å². The highest BCUT2D eigenvalue weighted by Gasteiger charge is 2.34. The largest absolute Gasteiger partial charge is 0.464 e. The molecule has 3 amide bonds. The number of carbonyl (C=O) groups excluding carboxylic acids is 4. The molecule has 1 aliphatic carbocycles. The number of nitrogens with zero attached hydrogens (tertiary/aromatic N) is 2. The summed E-state index contributed by atoms with van der Waals surface area (Å²) < 4.78 is 5.41. The van der Waals surface area contributed by atoms with Crippen LogP contribution in [-0.4, -0.2) is 66.6 Å². The van der Waals surface area contributed by atoms with Gasteiger partial charge in [0.1, 0.15) is 6.61 Å².